The minimum Gasteiger partial charge on any atom is -0.508 e. The summed E-state index contributed by atoms with van der Waals surface area (Å²) < 4.78 is 6.73. The first-order valence-corrected chi connectivity index (χ1v) is 4.75. The molecule has 0 bridgehead atoms. The second-order valence-corrected chi connectivity index (χ2v) is 4.54. The second kappa shape index (κ2) is 2.89. The van der Waals surface area contributed by atoms with Crippen molar-refractivity contribution in [2.45, 2.75) is 26.3 Å². The quantitative estimate of drug-likeness (QED) is 0.719. The van der Waals surface area contributed by atoms with Gasteiger partial charge in [-0.05, 0) is 39.0 Å². The lowest BCUT2D eigenvalue weighted by Crippen LogP contribution is -2.30. The number of nitrogens with zero attached hydrogens (tertiary/aromatic N) is 1. The lowest BCUT2D eigenvalue weighted by Gasteiger charge is -2.16. The number of aromatic hydroxyl groups is 1. The summed E-state index contributed by atoms with van der Waals surface area (Å²) in [6.07, 6.45) is 0. The van der Waals surface area contributed by atoms with Gasteiger partial charge in [0, 0.05) is 0 Å². The Morgan fingerprint density at radius 1 is 1.33 bits per heavy atom. The molecule has 4 nitrogen and oxygen atoms in total. The number of hydrogen-bond donors (Lipinski definition) is 1. The fourth-order valence-corrected chi connectivity index (χ4v) is 1.46. The Morgan fingerprint density at radius 3 is 2.60 bits per heavy atom. The molecule has 1 heterocycles. The predicted octanol–water partition coefficient (Wildman–Crippen LogP) is 2.06. The number of phenolic OH excluding ortho intramolecular Hbond substituents is 1. The molecular weight excluding hydrogens is 194 g/mol. The number of benzene rings is 1. The van der Waals surface area contributed by atoms with Crippen LogP contribution in [0.3, 0.4) is 0 Å². The number of rotatable bonds is 0. The molecule has 0 spiro atoms. The molecule has 0 atom stereocenters. The van der Waals surface area contributed by atoms with Crippen LogP contribution in [0.15, 0.2) is 27.5 Å². The van der Waals surface area contributed by atoms with Crippen LogP contribution in [0.2, 0.25) is 0 Å². The summed E-state index contributed by atoms with van der Waals surface area (Å²) in [5, 5.41) is 9.68. The number of phenols is 1. The van der Waals surface area contributed by atoms with Crippen LogP contribution >= 0.6 is 0 Å². The van der Waals surface area contributed by atoms with E-state index in [1.54, 1.807) is 6.07 Å². The normalized spacial score (nSPS) is 12.2. The third-order valence-electron chi connectivity index (χ3n) is 2.18. The highest BCUT2D eigenvalue weighted by Crippen LogP contribution is 2.20. The molecule has 2 aromatic rings. The van der Waals surface area contributed by atoms with Crippen molar-refractivity contribution < 1.29 is 9.63 Å². The maximum atomic E-state index is 11.9. The summed E-state index contributed by atoms with van der Waals surface area (Å²) in [4.78, 5) is 11.9. The van der Waals surface area contributed by atoms with Crippen LogP contribution in [0.1, 0.15) is 20.8 Å². The summed E-state index contributed by atoms with van der Waals surface area (Å²) in [7, 11) is 0. The molecule has 1 N–H and O–H groups in total. The van der Waals surface area contributed by atoms with Gasteiger partial charge < -0.3 is 9.63 Å². The van der Waals surface area contributed by atoms with Gasteiger partial charge in [-0.25, -0.2) is 0 Å². The molecule has 0 aliphatic rings. The van der Waals surface area contributed by atoms with Gasteiger partial charge in [-0.1, -0.05) is 0 Å². The fourth-order valence-electron chi connectivity index (χ4n) is 1.46. The SMILES string of the molecule is CC(C)(C)n1oc2ccc(O)cc2c1=O. The van der Waals surface area contributed by atoms with Crippen molar-refractivity contribution in [2.24, 2.45) is 0 Å². The number of fused-ring (bicyclic) bond motifs is 1. The van der Waals surface area contributed by atoms with E-state index in [9.17, 15) is 9.90 Å². The lowest BCUT2D eigenvalue weighted by molar-refractivity contribution is 0.171. The zero-order chi connectivity index (χ0) is 11.2. The molecule has 0 saturated heterocycles. The highest BCUT2D eigenvalue weighted by molar-refractivity contribution is 5.77. The monoisotopic (exact) mass is 207 g/mol. The molecule has 80 valence electrons. The van der Waals surface area contributed by atoms with Crippen molar-refractivity contribution >= 4 is 11.0 Å². The van der Waals surface area contributed by atoms with Crippen molar-refractivity contribution in [1.82, 2.24) is 4.74 Å². The Balaban J connectivity index is 2.82. The molecule has 0 aliphatic heterocycles. The molecule has 1 aromatic carbocycles. The van der Waals surface area contributed by atoms with Gasteiger partial charge in [-0.2, -0.15) is 4.74 Å². The standard InChI is InChI=1S/C11H13NO3/c1-11(2,3)12-10(14)8-6-7(13)4-5-9(8)15-12/h4-6,13H,1-3H3. The van der Waals surface area contributed by atoms with Crippen LogP contribution < -0.4 is 5.56 Å². The molecule has 1 aromatic heterocycles. The van der Waals surface area contributed by atoms with Gasteiger partial charge in [-0.3, -0.25) is 4.79 Å². The molecule has 2 rings (SSSR count). The summed E-state index contributed by atoms with van der Waals surface area (Å²) in [5.74, 6) is 0.0708. The minimum atomic E-state index is -0.397. The summed E-state index contributed by atoms with van der Waals surface area (Å²) in [6.45, 7) is 5.66. The van der Waals surface area contributed by atoms with E-state index >= 15 is 0 Å². The summed E-state index contributed by atoms with van der Waals surface area (Å²) >= 11 is 0. The Hall–Kier alpha value is -1.71. The zero-order valence-corrected chi connectivity index (χ0v) is 8.94. The van der Waals surface area contributed by atoms with E-state index < -0.39 is 5.54 Å². The molecule has 0 radical (unpaired) electrons. The maximum Gasteiger partial charge on any atom is 0.290 e. The van der Waals surface area contributed by atoms with Crippen LogP contribution in [0.5, 0.6) is 5.75 Å². The third-order valence-corrected chi connectivity index (χ3v) is 2.18. The van der Waals surface area contributed by atoms with Crippen LogP contribution in [-0.4, -0.2) is 9.85 Å². The Kier molecular flexibility index (Phi) is 1.89. The van der Waals surface area contributed by atoms with Crippen molar-refractivity contribution in [1.29, 1.82) is 0 Å². The smallest absolute Gasteiger partial charge is 0.290 e. The summed E-state index contributed by atoms with van der Waals surface area (Å²) in [5.41, 5.74) is -0.118. The van der Waals surface area contributed by atoms with E-state index in [-0.39, 0.29) is 11.3 Å². The largest absolute Gasteiger partial charge is 0.508 e. The highest BCUT2D eigenvalue weighted by Gasteiger charge is 2.20. The lowest BCUT2D eigenvalue weighted by atomic mass is 10.1. The first kappa shape index (κ1) is 9.83. The van der Waals surface area contributed by atoms with Gasteiger partial charge in [0.2, 0.25) is 0 Å². The first-order valence-electron chi connectivity index (χ1n) is 4.75. The van der Waals surface area contributed by atoms with Gasteiger partial charge >= 0.3 is 0 Å². The maximum absolute atomic E-state index is 11.9. The average molecular weight is 207 g/mol. The van der Waals surface area contributed by atoms with Crippen LogP contribution in [0.4, 0.5) is 0 Å². The predicted molar refractivity (Wildman–Crippen MR) is 57.1 cm³/mol. The van der Waals surface area contributed by atoms with Crippen LogP contribution in [-0.2, 0) is 5.54 Å². The Morgan fingerprint density at radius 2 is 2.00 bits per heavy atom. The van der Waals surface area contributed by atoms with E-state index in [4.69, 9.17) is 4.52 Å². The van der Waals surface area contributed by atoms with E-state index in [1.165, 1.54) is 16.9 Å². The molecule has 0 aliphatic carbocycles. The average Bonchev–Trinajstić information content (AvgIpc) is 2.43. The zero-order valence-electron chi connectivity index (χ0n) is 8.94. The first-order chi connectivity index (χ1) is 6.89. The fraction of sp³-hybridized carbons (Fsp3) is 0.364. The van der Waals surface area contributed by atoms with Crippen molar-refractivity contribution in [3.63, 3.8) is 0 Å². The topological polar surface area (TPSA) is 55.4 Å². The molecule has 0 saturated carbocycles. The molecule has 4 heteroatoms. The molecule has 0 fully saturated rings. The number of hydrogen-bond acceptors (Lipinski definition) is 3. The van der Waals surface area contributed by atoms with Crippen molar-refractivity contribution in [3.05, 3.63) is 28.6 Å². The van der Waals surface area contributed by atoms with Gasteiger partial charge in [0.25, 0.3) is 5.56 Å². The molecule has 0 unspecified atom stereocenters. The van der Waals surface area contributed by atoms with E-state index in [1.807, 2.05) is 20.8 Å². The highest BCUT2D eigenvalue weighted by atomic mass is 16.5. The molecule has 0 amide bonds. The number of aromatic nitrogens is 1. The van der Waals surface area contributed by atoms with Crippen molar-refractivity contribution in [3.8, 4) is 5.75 Å². The van der Waals surface area contributed by atoms with Crippen LogP contribution in [0, 0.1) is 0 Å². The Labute approximate surface area is 86.7 Å². The van der Waals surface area contributed by atoms with Gasteiger partial charge in [0.1, 0.15) is 5.75 Å². The van der Waals surface area contributed by atoms with Crippen molar-refractivity contribution in [2.75, 3.05) is 0 Å². The van der Waals surface area contributed by atoms with Crippen LogP contribution in [0.25, 0.3) is 11.0 Å². The van der Waals surface area contributed by atoms with E-state index in [2.05, 4.69) is 0 Å². The second-order valence-electron chi connectivity index (χ2n) is 4.54. The van der Waals surface area contributed by atoms with Gasteiger partial charge in [0.05, 0.1) is 10.9 Å². The van der Waals surface area contributed by atoms with E-state index in [0.717, 1.165) is 0 Å². The minimum absolute atomic E-state index is 0.0708. The van der Waals surface area contributed by atoms with Gasteiger partial charge in [-0.15, -0.1) is 0 Å². The summed E-state index contributed by atoms with van der Waals surface area (Å²) in [6, 6.07) is 4.51. The van der Waals surface area contributed by atoms with E-state index in [0.29, 0.717) is 11.0 Å². The molecule has 15 heavy (non-hydrogen) atoms. The van der Waals surface area contributed by atoms with Gasteiger partial charge in [0.15, 0.2) is 5.58 Å². The third kappa shape index (κ3) is 1.52. The molecular formula is C11H13NO3. The Bertz CT molecular complexity index is 557.